The van der Waals surface area contributed by atoms with Crippen molar-refractivity contribution >= 4 is 31.7 Å². The molecule has 0 aromatic heterocycles. The van der Waals surface area contributed by atoms with Crippen molar-refractivity contribution in [1.82, 2.24) is 13.9 Å². The van der Waals surface area contributed by atoms with E-state index in [4.69, 9.17) is 0 Å². The number of carbonyl (C=O) groups excluding carboxylic acids is 1. The molecule has 11 heavy (non-hydrogen) atoms. The van der Waals surface area contributed by atoms with Crippen LogP contribution in [0.15, 0.2) is 0 Å². The zero-order valence-corrected chi connectivity index (χ0v) is 7.81. The molecule has 0 bridgehead atoms. The lowest BCUT2D eigenvalue weighted by Crippen LogP contribution is -2.48. The zero-order chi connectivity index (χ0) is 8.27. The number of urea groups is 1. The summed E-state index contributed by atoms with van der Waals surface area (Å²) < 4.78 is 1.01. The van der Waals surface area contributed by atoms with Gasteiger partial charge in [0.25, 0.3) is 0 Å². The molecule has 0 aromatic carbocycles. The van der Waals surface area contributed by atoms with E-state index >= 15 is 0 Å². The van der Waals surface area contributed by atoms with Gasteiger partial charge in [-0.3, -0.25) is 0 Å². The van der Waals surface area contributed by atoms with Gasteiger partial charge in [0.15, 0.2) is 0 Å². The molecule has 0 unspecified atom stereocenters. The van der Waals surface area contributed by atoms with Crippen LogP contribution in [0.4, 0.5) is 4.79 Å². The van der Waals surface area contributed by atoms with Gasteiger partial charge >= 0.3 is 6.03 Å². The van der Waals surface area contributed by atoms with E-state index in [9.17, 15) is 4.79 Å². The van der Waals surface area contributed by atoms with E-state index in [2.05, 4.69) is 30.9 Å². The topological polar surface area (TPSA) is 35.6 Å². The summed E-state index contributed by atoms with van der Waals surface area (Å²) in [5, 5.41) is 3.15. The highest BCUT2D eigenvalue weighted by Crippen LogP contribution is 2.05. The second-order valence-electron chi connectivity index (χ2n) is 2.31. The number of thiol groups is 2. The Hall–Kier alpha value is -0.0700. The van der Waals surface area contributed by atoms with E-state index in [1.54, 1.807) is 4.90 Å². The summed E-state index contributed by atoms with van der Waals surface area (Å²) in [5.41, 5.74) is 0. The van der Waals surface area contributed by atoms with Crippen LogP contribution in [-0.4, -0.2) is 40.8 Å². The molecule has 0 radical (unpaired) electrons. The van der Waals surface area contributed by atoms with Gasteiger partial charge in [-0.1, -0.05) is 25.6 Å². The van der Waals surface area contributed by atoms with Crippen LogP contribution in [0, 0.1) is 0 Å². The molecule has 0 spiro atoms. The minimum Gasteiger partial charge on any atom is -0.321 e. The maximum absolute atomic E-state index is 11.2. The molecule has 64 valence electrons. The Morgan fingerprint density at radius 3 is 2.36 bits per heavy atom. The molecule has 0 aromatic rings. The highest BCUT2D eigenvalue weighted by atomic mass is 32.2. The average molecular weight is 193 g/mol. The van der Waals surface area contributed by atoms with Gasteiger partial charge in [-0.25, -0.2) is 8.51 Å². The summed E-state index contributed by atoms with van der Waals surface area (Å²) in [6, 6.07) is -0.154. The van der Waals surface area contributed by atoms with Crippen LogP contribution < -0.4 is 5.32 Å². The van der Waals surface area contributed by atoms with E-state index in [1.807, 2.05) is 0 Å². The number of hydrogen-bond acceptors (Lipinski definition) is 4. The molecule has 2 amide bonds. The molecule has 1 aliphatic rings. The Morgan fingerprint density at radius 2 is 1.91 bits per heavy atom. The lowest BCUT2D eigenvalue weighted by atomic mass is 10.4. The third-order valence-corrected chi connectivity index (χ3v) is 1.90. The summed E-state index contributed by atoms with van der Waals surface area (Å²) in [5.74, 6) is 0. The molecule has 4 nitrogen and oxygen atoms in total. The minimum atomic E-state index is -0.154. The van der Waals surface area contributed by atoms with Crippen molar-refractivity contribution in [2.45, 2.75) is 0 Å². The van der Waals surface area contributed by atoms with Gasteiger partial charge in [0, 0.05) is 26.2 Å². The first-order chi connectivity index (χ1) is 5.22. The van der Waals surface area contributed by atoms with Gasteiger partial charge in [0.2, 0.25) is 0 Å². The van der Waals surface area contributed by atoms with E-state index in [0.29, 0.717) is 0 Å². The number of carbonyl (C=O) groups is 1. The Morgan fingerprint density at radius 1 is 1.36 bits per heavy atom. The maximum Gasteiger partial charge on any atom is 0.340 e. The molecular weight excluding hydrogens is 182 g/mol. The SMILES string of the molecule is O=C(N(S)S)N1CCNCC1. The molecule has 6 heteroatoms. The third-order valence-electron chi connectivity index (χ3n) is 1.56. The highest BCUT2D eigenvalue weighted by molar-refractivity contribution is 7.94. The molecule has 0 atom stereocenters. The zero-order valence-electron chi connectivity index (χ0n) is 6.03. The van der Waals surface area contributed by atoms with Crippen molar-refractivity contribution in [2.24, 2.45) is 0 Å². The van der Waals surface area contributed by atoms with E-state index in [0.717, 1.165) is 29.9 Å². The molecule has 1 N–H and O–H groups in total. The Bertz CT molecular complexity index is 147. The number of piperazine rings is 1. The Kier molecular flexibility index (Phi) is 3.35. The summed E-state index contributed by atoms with van der Waals surface area (Å²) in [4.78, 5) is 12.9. The molecule has 1 rings (SSSR count). The van der Waals surface area contributed by atoms with Crippen LogP contribution in [0.5, 0.6) is 0 Å². The van der Waals surface area contributed by atoms with Gasteiger partial charge in [0.05, 0.1) is 0 Å². The smallest absolute Gasteiger partial charge is 0.321 e. The molecule has 1 fully saturated rings. The monoisotopic (exact) mass is 193 g/mol. The molecule has 1 saturated heterocycles. The summed E-state index contributed by atoms with van der Waals surface area (Å²) >= 11 is 7.58. The Balaban J connectivity index is 2.39. The molecule has 0 aliphatic carbocycles. The quantitative estimate of drug-likeness (QED) is 0.474. The molecule has 1 heterocycles. The first-order valence-electron chi connectivity index (χ1n) is 3.39. The van der Waals surface area contributed by atoms with E-state index in [1.165, 1.54) is 0 Å². The van der Waals surface area contributed by atoms with Gasteiger partial charge in [0.1, 0.15) is 0 Å². The second-order valence-corrected chi connectivity index (χ2v) is 3.42. The van der Waals surface area contributed by atoms with Gasteiger partial charge in [-0.05, 0) is 0 Å². The van der Waals surface area contributed by atoms with Crippen LogP contribution >= 0.6 is 25.6 Å². The fourth-order valence-electron chi connectivity index (χ4n) is 0.983. The number of amides is 2. The largest absolute Gasteiger partial charge is 0.340 e. The van der Waals surface area contributed by atoms with Gasteiger partial charge < -0.3 is 10.2 Å². The summed E-state index contributed by atoms with van der Waals surface area (Å²) in [6.07, 6.45) is 0. The lowest BCUT2D eigenvalue weighted by Gasteiger charge is -2.28. The predicted octanol–water partition coefficient (Wildman–Crippen LogP) is 0.00320. The van der Waals surface area contributed by atoms with Crippen LogP contribution in [-0.2, 0) is 0 Å². The second kappa shape index (κ2) is 4.08. The first kappa shape index (κ1) is 9.02. The van der Waals surface area contributed by atoms with Crippen molar-refractivity contribution in [2.75, 3.05) is 26.2 Å². The fourth-order valence-corrected chi connectivity index (χ4v) is 1.24. The molecule has 1 aliphatic heterocycles. The van der Waals surface area contributed by atoms with Crippen LogP contribution in [0.1, 0.15) is 0 Å². The number of nitrogens with one attached hydrogen (secondary N) is 1. The summed E-state index contributed by atoms with van der Waals surface area (Å²) in [7, 11) is 0. The number of rotatable bonds is 0. The predicted molar refractivity (Wildman–Crippen MR) is 49.6 cm³/mol. The first-order valence-corrected chi connectivity index (χ1v) is 4.19. The standard InChI is InChI=1S/C5H11N3OS2/c9-5(8(10)11)7-3-1-6-2-4-7/h6,10-11H,1-4H2. The summed E-state index contributed by atoms with van der Waals surface area (Å²) in [6.45, 7) is 3.16. The Labute approximate surface area is 77.0 Å². The van der Waals surface area contributed by atoms with Crippen LogP contribution in [0.3, 0.4) is 0 Å². The van der Waals surface area contributed by atoms with Crippen molar-refractivity contribution in [3.05, 3.63) is 0 Å². The number of hydrogen-bond donors (Lipinski definition) is 3. The van der Waals surface area contributed by atoms with E-state index < -0.39 is 0 Å². The minimum absolute atomic E-state index is 0.154. The normalized spacial score (nSPS) is 18.2. The maximum atomic E-state index is 11.2. The molecular formula is C5H11N3OS2. The molecule has 0 saturated carbocycles. The van der Waals surface area contributed by atoms with Gasteiger partial charge in [-0.15, -0.1) is 0 Å². The van der Waals surface area contributed by atoms with Crippen molar-refractivity contribution in [3.8, 4) is 0 Å². The van der Waals surface area contributed by atoms with Crippen molar-refractivity contribution < 1.29 is 4.79 Å². The average Bonchev–Trinajstić information content (AvgIpc) is 2.05. The van der Waals surface area contributed by atoms with Gasteiger partial charge in [-0.2, -0.15) is 0 Å². The van der Waals surface area contributed by atoms with E-state index in [-0.39, 0.29) is 6.03 Å². The van der Waals surface area contributed by atoms with Crippen molar-refractivity contribution in [1.29, 1.82) is 0 Å². The highest BCUT2D eigenvalue weighted by Gasteiger charge is 2.18. The third kappa shape index (κ3) is 2.46. The van der Waals surface area contributed by atoms with Crippen LogP contribution in [0.25, 0.3) is 0 Å². The van der Waals surface area contributed by atoms with Crippen LogP contribution in [0.2, 0.25) is 0 Å². The van der Waals surface area contributed by atoms with Crippen molar-refractivity contribution in [3.63, 3.8) is 0 Å². The lowest BCUT2D eigenvalue weighted by molar-refractivity contribution is 0.187. The fraction of sp³-hybridized carbons (Fsp3) is 0.800. The number of nitrogens with zero attached hydrogens (tertiary/aromatic N) is 2.